The van der Waals surface area contributed by atoms with Gasteiger partial charge >= 0.3 is 0 Å². The number of aromatic nitrogens is 2. The molecule has 0 spiro atoms. The van der Waals surface area contributed by atoms with E-state index in [4.69, 9.17) is 0 Å². The van der Waals surface area contributed by atoms with Gasteiger partial charge in [0.25, 0.3) is 10.0 Å². The maximum Gasteiger partial charge on any atom is 0.260 e. The van der Waals surface area contributed by atoms with Crippen molar-refractivity contribution in [3.8, 4) is 0 Å². The Bertz CT molecular complexity index is 571. The van der Waals surface area contributed by atoms with Crippen LogP contribution in [-0.2, 0) is 16.6 Å². The standard InChI is InChI=1S/C13H24N4O2S2/c1-4-14-8-12-9(2)15-16-13(12)21(18,19)17-10-5-6-11(7-10)20-3/h10-11,14,17H,4-8H2,1-3H3,(H,15,16). The molecule has 21 heavy (non-hydrogen) atoms. The van der Waals surface area contributed by atoms with E-state index in [0.717, 1.165) is 37.1 Å². The van der Waals surface area contributed by atoms with E-state index in [0.29, 0.717) is 11.8 Å². The summed E-state index contributed by atoms with van der Waals surface area (Å²) < 4.78 is 27.9. The van der Waals surface area contributed by atoms with E-state index in [1.165, 1.54) is 0 Å². The Balaban J connectivity index is 2.12. The van der Waals surface area contributed by atoms with Crippen molar-refractivity contribution >= 4 is 21.8 Å². The first-order valence-electron chi connectivity index (χ1n) is 7.27. The van der Waals surface area contributed by atoms with E-state index < -0.39 is 10.0 Å². The summed E-state index contributed by atoms with van der Waals surface area (Å²) in [5.41, 5.74) is 1.52. The maximum atomic E-state index is 12.6. The molecule has 2 atom stereocenters. The van der Waals surface area contributed by atoms with Gasteiger partial charge in [0.1, 0.15) is 0 Å². The Morgan fingerprint density at radius 1 is 1.43 bits per heavy atom. The molecule has 1 aromatic rings. The van der Waals surface area contributed by atoms with Crippen molar-refractivity contribution in [2.45, 2.75) is 56.0 Å². The quantitative estimate of drug-likeness (QED) is 0.702. The zero-order valence-electron chi connectivity index (χ0n) is 12.8. The third kappa shape index (κ3) is 4.00. The van der Waals surface area contributed by atoms with Crippen LogP contribution in [0.15, 0.2) is 5.03 Å². The number of aryl methyl sites for hydroxylation is 1. The smallest absolute Gasteiger partial charge is 0.260 e. The van der Waals surface area contributed by atoms with Crippen molar-refractivity contribution in [3.05, 3.63) is 11.3 Å². The highest BCUT2D eigenvalue weighted by Gasteiger charge is 2.31. The van der Waals surface area contributed by atoms with Crippen LogP contribution in [0.25, 0.3) is 0 Å². The number of thioether (sulfide) groups is 1. The van der Waals surface area contributed by atoms with Gasteiger partial charge in [0.05, 0.1) is 0 Å². The number of nitrogens with zero attached hydrogens (tertiary/aromatic N) is 1. The van der Waals surface area contributed by atoms with E-state index in [2.05, 4.69) is 26.5 Å². The van der Waals surface area contributed by atoms with Gasteiger partial charge in [-0.15, -0.1) is 0 Å². The van der Waals surface area contributed by atoms with Crippen molar-refractivity contribution in [3.63, 3.8) is 0 Å². The van der Waals surface area contributed by atoms with Crippen LogP contribution in [0.3, 0.4) is 0 Å². The minimum absolute atomic E-state index is 0.0245. The fourth-order valence-electron chi connectivity index (χ4n) is 2.65. The lowest BCUT2D eigenvalue weighted by molar-refractivity contribution is 0.546. The first-order valence-corrected chi connectivity index (χ1v) is 10.0. The van der Waals surface area contributed by atoms with Gasteiger partial charge in [0.15, 0.2) is 5.03 Å². The maximum absolute atomic E-state index is 12.6. The van der Waals surface area contributed by atoms with Gasteiger partial charge in [-0.1, -0.05) is 6.92 Å². The summed E-state index contributed by atoms with van der Waals surface area (Å²) in [6, 6.07) is 0.0245. The summed E-state index contributed by atoms with van der Waals surface area (Å²) in [5, 5.41) is 10.6. The predicted molar refractivity (Wildman–Crippen MR) is 86.0 cm³/mol. The lowest BCUT2D eigenvalue weighted by Crippen LogP contribution is -2.34. The SMILES string of the molecule is CCNCc1c(S(=O)(=O)NC2CCC(SC)C2)n[nH]c1C. The van der Waals surface area contributed by atoms with Crippen molar-refractivity contribution < 1.29 is 8.42 Å². The summed E-state index contributed by atoms with van der Waals surface area (Å²) in [6.07, 6.45) is 4.94. The van der Waals surface area contributed by atoms with E-state index in [1.807, 2.05) is 25.6 Å². The number of nitrogens with one attached hydrogen (secondary N) is 3. The number of sulfonamides is 1. The molecule has 0 saturated heterocycles. The zero-order chi connectivity index (χ0) is 15.5. The molecule has 0 amide bonds. The normalized spacial score (nSPS) is 22.8. The van der Waals surface area contributed by atoms with Gasteiger partial charge in [0.2, 0.25) is 0 Å². The Hall–Kier alpha value is -0.570. The van der Waals surface area contributed by atoms with Crippen molar-refractivity contribution in [1.29, 1.82) is 0 Å². The molecule has 1 fully saturated rings. The van der Waals surface area contributed by atoms with Gasteiger partial charge < -0.3 is 5.32 Å². The largest absolute Gasteiger partial charge is 0.313 e. The van der Waals surface area contributed by atoms with Gasteiger partial charge in [-0.3, -0.25) is 5.10 Å². The first-order chi connectivity index (χ1) is 9.97. The zero-order valence-corrected chi connectivity index (χ0v) is 14.4. The van der Waals surface area contributed by atoms with E-state index in [1.54, 1.807) is 0 Å². The Morgan fingerprint density at radius 3 is 2.81 bits per heavy atom. The monoisotopic (exact) mass is 332 g/mol. The first kappa shape index (κ1) is 16.8. The molecule has 120 valence electrons. The van der Waals surface area contributed by atoms with Crippen LogP contribution >= 0.6 is 11.8 Å². The summed E-state index contributed by atoms with van der Waals surface area (Å²) >= 11 is 1.81. The van der Waals surface area contributed by atoms with Crippen LogP contribution in [0.4, 0.5) is 0 Å². The second-order valence-corrected chi connectivity index (χ2v) is 8.17. The van der Waals surface area contributed by atoms with Crippen LogP contribution in [0.1, 0.15) is 37.4 Å². The summed E-state index contributed by atoms with van der Waals surface area (Å²) in [7, 11) is -3.56. The topological polar surface area (TPSA) is 86.9 Å². The molecule has 0 aliphatic heterocycles. The van der Waals surface area contributed by atoms with Crippen LogP contribution in [0.5, 0.6) is 0 Å². The average Bonchev–Trinajstić information content (AvgIpc) is 3.03. The number of hydrogen-bond acceptors (Lipinski definition) is 5. The van der Waals surface area contributed by atoms with Crippen LogP contribution < -0.4 is 10.0 Å². The molecule has 0 bridgehead atoms. The number of H-pyrrole nitrogens is 1. The predicted octanol–water partition coefficient (Wildman–Crippen LogP) is 1.39. The van der Waals surface area contributed by atoms with Crippen LogP contribution in [0.2, 0.25) is 0 Å². The number of hydrogen-bond donors (Lipinski definition) is 3. The summed E-state index contributed by atoms with van der Waals surface area (Å²) in [5.74, 6) is 0. The molecule has 2 unspecified atom stereocenters. The second kappa shape index (κ2) is 7.13. The van der Waals surface area contributed by atoms with Gasteiger partial charge in [-0.2, -0.15) is 16.9 Å². The third-order valence-electron chi connectivity index (χ3n) is 3.88. The summed E-state index contributed by atoms with van der Waals surface area (Å²) in [6.45, 7) is 5.13. The highest BCUT2D eigenvalue weighted by molar-refractivity contribution is 7.99. The van der Waals surface area contributed by atoms with Crippen molar-refractivity contribution in [1.82, 2.24) is 20.2 Å². The van der Waals surface area contributed by atoms with Crippen molar-refractivity contribution in [2.24, 2.45) is 0 Å². The average molecular weight is 332 g/mol. The van der Waals surface area contributed by atoms with E-state index in [9.17, 15) is 8.42 Å². The second-order valence-electron chi connectivity index (χ2n) is 5.40. The Kier molecular flexibility index (Phi) is 5.70. The minimum atomic E-state index is -3.56. The molecular formula is C13H24N4O2S2. The Labute approximate surface area is 130 Å². The molecule has 0 radical (unpaired) electrons. The molecule has 1 aromatic heterocycles. The molecule has 8 heteroatoms. The fraction of sp³-hybridized carbons (Fsp3) is 0.769. The minimum Gasteiger partial charge on any atom is -0.313 e. The molecular weight excluding hydrogens is 308 g/mol. The highest BCUT2D eigenvalue weighted by atomic mass is 32.2. The molecule has 1 aliphatic rings. The molecule has 1 heterocycles. The lowest BCUT2D eigenvalue weighted by Gasteiger charge is -2.13. The van der Waals surface area contributed by atoms with E-state index in [-0.39, 0.29) is 11.1 Å². The molecule has 0 aromatic carbocycles. The van der Waals surface area contributed by atoms with Gasteiger partial charge in [-0.25, -0.2) is 13.1 Å². The van der Waals surface area contributed by atoms with Crippen LogP contribution in [0, 0.1) is 6.92 Å². The molecule has 2 rings (SSSR count). The van der Waals surface area contributed by atoms with Gasteiger partial charge in [0, 0.05) is 29.1 Å². The summed E-state index contributed by atoms with van der Waals surface area (Å²) in [4.78, 5) is 0. The molecule has 3 N–H and O–H groups in total. The molecule has 1 saturated carbocycles. The molecule has 1 aliphatic carbocycles. The number of aromatic amines is 1. The van der Waals surface area contributed by atoms with Crippen LogP contribution in [-0.4, -0.2) is 42.7 Å². The Morgan fingerprint density at radius 2 is 2.19 bits per heavy atom. The van der Waals surface area contributed by atoms with Crippen molar-refractivity contribution in [2.75, 3.05) is 12.8 Å². The lowest BCUT2D eigenvalue weighted by atomic mass is 10.2. The number of rotatable bonds is 7. The van der Waals surface area contributed by atoms with E-state index >= 15 is 0 Å². The van der Waals surface area contributed by atoms with Gasteiger partial charge in [-0.05, 0) is 39.0 Å². The fourth-order valence-corrected chi connectivity index (χ4v) is 4.92. The highest BCUT2D eigenvalue weighted by Crippen LogP contribution is 2.29. The third-order valence-corrected chi connectivity index (χ3v) is 6.47. The molecule has 6 nitrogen and oxygen atoms in total.